The zero-order chi connectivity index (χ0) is 19.4. The van der Waals surface area contributed by atoms with E-state index in [1.165, 1.54) is 21.9 Å². The molecule has 1 N–H and O–H groups in total. The third kappa shape index (κ3) is 3.90. The molecule has 7 nitrogen and oxygen atoms in total. The van der Waals surface area contributed by atoms with Gasteiger partial charge in [-0.3, -0.25) is 18.8 Å². The van der Waals surface area contributed by atoms with Crippen LogP contribution in [0.25, 0.3) is 4.96 Å². The molecular weight excluding hydrogens is 364 g/mol. The van der Waals surface area contributed by atoms with Crippen LogP contribution in [0, 0.1) is 0 Å². The van der Waals surface area contributed by atoms with Gasteiger partial charge in [0.05, 0.1) is 0 Å². The van der Waals surface area contributed by atoms with E-state index < -0.39 is 5.91 Å². The summed E-state index contributed by atoms with van der Waals surface area (Å²) in [5.74, 6) is -0.491. The standard InChI is InChI=1S/C19H20N4O3S/c1-3-22(4-2)17(25)14-7-5-13(6-8-14)11-20-16(24)15-12-21-19-23(18(15)26)9-10-27-19/h5-10,12H,3-4,11H2,1-2H3,(H,20,24). The van der Waals surface area contributed by atoms with Crippen molar-refractivity contribution >= 4 is 28.1 Å². The Morgan fingerprint density at radius 3 is 2.56 bits per heavy atom. The van der Waals surface area contributed by atoms with E-state index in [0.29, 0.717) is 23.6 Å². The fraction of sp³-hybridized carbons (Fsp3) is 0.263. The molecule has 3 rings (SSSR count). The van der Waals surface area contributed by atoms with Crippen LogP contribution in [0.4, 0.5) is 0 Å². The molecule has 2 heterocycles. The van der Waals surface area contributed by atoms with E-state index in [1.807, 2.05) is 13.8 Å². The predicted molar refractivity (Wildman–Crippen MR) is 104 cm³/mol. The van der Waals surface area contributed by atoms with Crippen molar-refractivity contribution in [2.24, 2.45) is 0 Å². The predicted octanol–water partition coefficient (Wildman–Crippen LogP) is 2.17. The van der Waals surface area contributed by atoms with Gasteiger partial charge in [-0.05, 0) is 31.5 Å². The lowest BCUT2D eigenvalue weighted by Crippen LogP contribution is -2.31. The maximum atomic E-state index is 12.3. The molecule has 0 aliphatic heterocycles. The van der Waals surface area contributed by atoms with Crippen LogP contribution in [-0.4, -0.2) is 39.2 Å². The molecule has 0 spiro atoms. The van der Waals surface area contributed by atoms with Crippen LogP contribution in [0.2, 0.25) is 0 Å². The first kappa shape index (κ1) is 18.8. The first-order valence-electron chi connectivity index (χ1n) is 8.66. The van der Waals surface area contributed by atoms with Gasteiger partial charge in [0.2, 0.25) is 0 Å². The highest BCUT2D eigenvalue weighted by Crippen LogP contribution is 2.09. The van der Waals surface area contributed by atoms with Crippen molar-refractivity contribution in [3.8, 4) is 0 Å². The second kappa shape index (κ2) is 8.13. The van der Waals surface area contributed by atoms with E-state index in [1.54, 1.807) is 40.7 Å². The Bertz CT molecular complexity index is 1020. The van der Waals surface area contributed by atoms with Gasteiger partial charge < -0.3 is 10.2 Å². The Hall–Kier alpha value is -3.00. The van der Waals surface area contributed by atoms with Crippen molar-refractivity contribution in [2.45, 2.75) is 20.4 Å². The maximum absolute atomic E-state index is 12.3. The number of benzene rings is 1. The number of nitrogens with one attached hydrogen (secondary N) is 1. The van der Waals surface area contributed by atoms with Crippen LogP contribution < -0.4 is 10.9 Å². The summed E-state index contributed by atoms with van der Waals surface area (Å²) in [6.45, 7) is 5.45. The quantitative estimate of drug-likeness (QED) is 0.706. The number of rotatable bonds is 6. The van der Waals surface area contributed by atoms with Crippen LogP contribution in [-0.2, 0) is 6.54 Å². The number of thiazole rings is 1. The van der Waals surface area contributed by atoms with E-state index in [9.17, 15) is 14.4 Å². The molecule has 0 radical (unpaired) electrons. The van der Waals surface area contributed by atoms with E-state index in [4.69, 9.17) is 0 Å². The summed E-state index contributed by atoms with van der Waals surface area (Å²) >= 11 is 1.33. The molecule has 3 aromatic rings. The van der Waals surface area contributed by atoms with Crippen LogP contribution in [0.1, 0.15) is 40.1 Å². The monoisotopic (exact) mass is 384 g/mol. The average molecular weight is 384 g/mol. The van der Waals surface area contributed by atoms with Crippen LogP contribution in [0.15, 0.2) is 46.8 Å². The Morgan fingerprint density at radius 1 is 1.19 bits per heavy atom. The zero-order valence-corrected chi connectivity index (χ0v) is 16.0. The molecule has 0 fully saturated rings. The number of hydrogen-bond acceptors (Lipinski definition) is 5. The van der Waals surface area contributed by atoms with E-state index >= 15 is 0 Å². The molecule has 1 aromatic carbocycles. The third-order valence-electron chi connectivity index (χ3n) is 4.29. The second-order valence-corrected chi connectivity index (χ2v) is 6.76. The van der Waals surface area contributed by atoms with Crippen LogP contribution in [0.5, 0.6) is 0 Å². The Kier molecular flexibility index (Phi) is 5.66. The van der Waals surface area contributed by atoms with Crippen LogP contribution in [0.3, 0.4) is 0 Å². The number of hydrogen-bond donors (Lipinski definition) is 1. The summed E-state index contributed by atoms with van der Waals surface area (Å²) in [5.41, 5.74) is 1.06. The van der Waals surface area contributed by atoms with Crippen molar-refractivity contribution in [3.63, 3.8) is 0 Å². The maximum Gasteiger partial charge on any atom is 0.271 e. The molecular formula is C19H20N4O3S. The summed E-state index contributed by atoms with van der Waals surface area (Å²) in [4.78, 5) is 43.4. The SMILES string of the molecule is CCN(CC)C(=O)c1ccc(CNC(=O)c2cnc3sccn3c2=O)cc1. The fourth-order valence-electron chi connectivity index (χ4n) is 2.72. The highest BCUT2D eigenvalue weighted by atomic mass is 32.1. The van der Waals surface area contributed by atoms with Gasteiger partial charge in [-0.1, -0.05) is 12.1 Å². The van der Waals surface area contributed by atoms with E-state index in [2.05, 4.69) is 10.3 Å². The van der Waals surface area contributed by atoms with Crippen molar-refractivity contribution in [1.82, 2.24) is 19.6 Å². The number of aromatic nitrogens is 2. The first-order chi connectivity index (χ1) is 13.0. The van der Waals surface area contributed by atoms with Gasteiger partial charge >= 0.3 is 0 Å². The van der Waals surface area contributed by atoms with Crippen molar-refractivity contribution < 1.29 is 9.59 Å². The molecule has 140 valence electrons. The second-order valence-electron chi connectivity index (χ2n) is 5.89. The molecule has 0 saturated heterocycles. The minimum atomic E-state index is -0.476. The van der Waals surface area contributed by atoms with Crippen molar-refractivity contribution in [3.05, 3.63) is 69.1 Å². The van der Waals surface area contributed by atoms with Crippen molar-refractivity contribution in [2.75, 3.05) is 13.1 Å². The fourth-order valence-corrected chi connectivity index (χ4v) is 3.39. The van der Waals surface area contributed by atoms with Gasteiger partial charge in [0.1, 0.15) is 5.56 Å². The van der Waals surface area contributed by atoms with Gasteiger partial charge in [-0.2, -0.15) is 0 Å². The number of fused-ring (bicyclic) bond motifs is 1. The Balaban J connectivity index is 1.67. The lowest BCUT2D eigenvalue weighted by atomic mass is 10.1. The summed E-state index contributed by atoms with van der Waals surface area (Å²) in [6, 6.07) is 7.08. The molecule has 0 aliphatic carbocycles. The zero-order valence-electron chi connectivity index (χ0n) is 15.1. The summed E-state index contributed by atoms with van der Waals surface area (Å²) in [6.07, 6.45) is 2.90. The van der Waals surface area contributed by atoms with Crippen molar-refractivity contribution in [1.29, 1.82) is 0 Å². The molecule has 27 heavy (non-hydrogen) atoms. The number of amides is 2. The number of carbonyl (C=O) groups excluding carboxylic acids is 2. The van der Waals surface area contributed by atoms with E-state index in [-0.39, 0.29) is 23.6 Å². The molecule has 8 heteroatoms. The topological polar surface area (TPSA) is 83.8 Å². The van der Waals surface area contributed by atoms with Gasteiger partial charge in [-0.15, -0.1) is 11.3 Å². The summed E-state index contributed by atoms with van der Waals surface area (Å²) in [7, 11) is 0. The summed E-state index contributed by atoms with van der Waals surface area (Å²) < 4.78 is 1.35. The van der Waals surface area contributed by atoms with Gasteiger partial charge in [0.15, 0.2) is 4.96 Å². The molecule has 0 unspecified atom stereocenters. The molecule has 2 amide bonds. The number of nitrogens with zero attached hydrogens (tertiary/aromatic N) is 3. The molecule has 2 aromatic heterocycles. The molecule has 0 aliphatic rings. The Labute approximate surface area is 160 Å². The smallest absolute Gasteiger partial charge is 0.271 e. The largest absolute Gasteiger partial charge is 0.348 e. The minimum Gasteiger partial charge on any atom is -0.348 e. The summed E-state index contributed by atoms with van der Waals surface area (Å²) in [5, 5.41) is 4.47. The van der Waals surface area contributed by atoms with E-state index in [0.717, 1.165) is 5.56 Å². The van der Waals surface area contributed by atoms with Crippen LogP contribution >= 0.6 is 11.3 Å². The molecule has 0 atom stereocenters. The lowest BCUT2D eigenvalue weighted by Gasteiger charge is -2.18. The molecule has 0 saturated carbocycles. The highest BCUT2D eigenvalue weighted by molar-refractivity contribution is 7.15. The average Bonchev–Trinajstić information content (AvgIpc) is 3.17. The minimum absolute atomic E-state index is 0.000712. The molecule has 0 bridgehead atoms. The van der Waals surface area contributed by atoms with Gasteiger partial charge in [0.25, 0.3) is 17.4 Å². The normalized spacial score (nSPS) is 10.7. The lowest BCUT2D eigenvalue weighted by molar-refractivity contribution is 0.0772. The highest BCUT2D eigenvalue weighted by Gasteiger charge is 2.14. The van der Waals surface area contributed by atoms with Gasteiger partial charge in [-0.25, -0.2) is 4.98 Å². The van der Waals surface area contributed by atoms with Gasteiger partial charge in [0, 0.05) is 43.0 Å². The first-order valence-corrected chi connectivity index (χ1v) is 9.54. The third-order valence-corrected chi connectivity index (χ3v) is 5.06. The Morgan fingerprint density at radius 2 is 1.89 bits per heavy atom. The number of carbonyl (C=O) groups is 2.